The number of thiazole rings is 2. The topological polar surface area (TPSA) is 208 Å². The first-order chi connectivity index (χ1) is 57.8. The third-order valence-electron chi connectivity index (χ3n) is 19.1. The third-order valence-corrected chi connectivity index (χ3v) is 23.2. The van der Waals surface area contributed by atoms with Gasteiger partial charge in [-0.05, 0) is 179 Å². The molecule has 127 heavy (non-hydrogen) atoms. The molecule has 0 saturated carbocycles. The van der Waals surface area contributed by atoms with Crippen LogP contribution < -0.4 is 0 Å². The molecular formula is C107H165N13O3S4. The Morgan fingerprint density at radius 1 is 0.449 bits per heavy atom. The van der Waals surface area contributed by atoms with E-state index in [1.54, 1.807) is 82.6 Å². The number of hydrogen-bond donors (Lipinski definition) is 1. The molecule has 8 aromatic heterocycles. The van der Waals surface area contributed by atoms with E-state index < -0.39 is 0 Å². The van der Waals surface area contributed by atoms with E-state index in [0.29, 0.717) is 5.89 Å². The van der Waals surface area contributed by atoms with E-state index in [0.717, 1.165) is 104 Å². The molecular weight excluding hydrogens is 1640 g/mol. The molecule has 0 saturated heterocycles. The fraction of sp³-hybridized carbons (Fsp3) is 0.533. The zero-order chi connectivity index (χ0) is 98.3. The van der Waals surface area contributed by atoms with Crippen LogP contribution >= 0.6 is 45.7 Å². The van der Waals surface area contributed by atoms with Gasteiger partial charge in [-0.25, -0.2) is 15.0 Å². The van der Waals surface area contributed by atoms with Crippen molar-refractivity contribution >= 4 is 86.8 Å². The second-order valence-electron chi connectivity index (χ2n) is 43.8. The Balaban J connectivity index is 0.000000693. The standard InChI is InChI=1S/4C10H15N.C9H14N2.2C9H13NO.C8H13NO.4C8H13NS/c1-5-9-6-8(7-11-9)10(2,3)4;2*1-5-9-8(6-7-11-9)10(2,3)4;1-5-8-6-7-9(11-8)10(2,3)4;1-5-7-6-8(11-10-7)9(2,3)4;1-5-8-10-7(6-11-8)9(2,3)4;1-5-8-7(6-11-10-8)9(2,3)4;1-6-5-7(10-9-6)8(2,3)4;1-6-9-7(5-10-6)8(2,3)4;1-6-9-5-7(10-6)8(2,3)4;1-6-7(5-10-9-6)8(2,3)4;1-6-5-7(10-9-6)8(2,3)4/h3*5-6H,1,7H2,2-4H3;5,7H,1,6H2,2-4H3;5-6H,1H2,2-4H3,(H,10,11);2*5-6H,1H2,2-4H3;5*5H,1-4H3. The Kier molecular flexibility index (Phi) is 45.6. The molecule has 0 aliphatic carbocycles. The van der Waals surface area contributed by atoms with Crippen LogP contribution in [0.5, 0.6) is 0 Å². The molecule has 12 heterocycles. The van der Waals surface area contributed by atoms with Crippen molar-refractivity contribution in [3.8, 4) is 0 Å². The minimum atomic E-state index is 0.0603. The van der Waals surface area contributed by atoms with Crippen LogP contribution in [0.3, 0.4) is 0 Å². The largest absolute Gasteiger partial charge is 0.445 e. The number of aryl methyl sites for hydroxylation is 5. The zero-order valence-corrected chi connectivity index (χ0v) is 89.7. The predicted molar refractivity (Wildman–Crippen MR) is 560 cm³/mol. The molecule has 0 spiro atoms. The molecule has 0 bridgehead atoms. The molecule has 1 N–H and O–H groups in total. The lowest BCUT2D eigenvalue weighted by Crippen LogP contribution is -2.14. The molecule has 12 rings (SSSR count). The molecule has 4 aliphatic rings. The van der Waals surface area contributed by atoms with Crippen LogP contribution in [0.15, 0.2) is 198 Å². The molecule has 0 amide bonds. The van der Waals surface area contributed by atoms with E-state index >= 15 is 0 Å². The normalized spacial score (nSPS) is 13.9. The highest BCUT2D eigenvalue weighted by Crippen LogP contribution is 2.36. The summed E-state index contributed by atoms with van der Waals surface area (Å²) in [6, 6.07) is 6.15. The van der Waals surface area contributed by atoms with Crippen molar-refractivity contribution in [2.24, 2.45) is 41.6 Å². The first kappa shape index (κ1) is 116. The summed E-state index contributed by atoms with van der Waals surface area (Å²) in [7, 11) is 0. The molecule has 0 atom stereocenters. The maximum absolute atomic E-state index is 5.11. The molecule has 4 aliphatic heterocycles. The highest BCUT2D eigenvalue weighted by atomic mass is 32.1. The Labute approximate surface area is 786 Å². The lowest BCUT2D eigenvalue weighted by atomic mass is 9.84. The van der Waals surface area contributed by atoms with Gasteiger partial charge in [-0.1, -0.05) is 324 Å². The van der Waals surface area contributed by atoms with Crippen LogP contribution in [-0.2, 0) is 43.3 Å². The predicted octanol–water partition coefficient (Wildman–Crippen LogP) is 31.6. The first-order valence-corrected chi connectivity index (χ1v) is 47.2. The van der Waals surface area contributed by atoms with Crippen molar-refractivity contribution in [3.63, 3.8) is 0 Å². The van der Waals surface area contributed by atoms with Crippen molar-refractivity contribution in [2.45, 2.75) is 334 Å². The van der Waals surface area contributed by atoms with Crippen LogP contribution in [0.25, 0.3) is 18.2 Å². The Hall–Kier alpha value is -8.82. The average Bonchev–Trinajstić information content (AvgIpc) is 1.69. The van der Waals surface area contributed by atoms with Crippen molar-refractivity contribution < 1.29 is 13.5 Å². The second kappa shape index (κ2) is 49.8. The molecule has 0 aromatic carbocycles. The van der Waals surface area contributed by atoms with Gasteiger partial charge in [0, 0.05) is 88.9 Å². The van der Waals surface area contributed by atoms with Crippen molar-refractivity contribution in [3.05, 3.63) is 253 Å². The van der Waals surface area contributed by atoms with E-state index in [4.69, 9.17) is 13.5 Å². The van der Waals surface area contributed by atoms with Crippen LogP contribution in [-0.4, -0.2) is 86.7 Å². The minimum absolute atomic E-state index is 0.0603. The zero-order valence-electron chi connectivity index (χ0n) is 86.5. The van der Waals surface area contributed by atoms with E-state index in [9.17, 15) is 0 Å². The number of H-pyrrole nitrogens is 1. The van der Waals surface area contributed by atoms with E-state index in [1.807, 2.05) is 64.3 Å². The van der Waals surface area contributed by atoms with E-state index in [1.165, 1.54) is 49.1 Å². The Morgan fingerprint density at radius 2 is 0.992 bits per heavy atom. The molecule has 0 radical (unpaired) electrons. The van der Waals surface area contributed by atoms with Gasteiger partial charge in [0.25, 0.3) is 0 Å². The average molecular weight is 1810 g/mol. The summed E-state index contributed by atoms with van der Waals surface area (Å²) in [4.78, 5) is 32.9. The third kappa shape index (κ3) is 43.4. The number of aromatic amines is 1. The van der Waals surface area contributed by atoms with Crippen molar-refractivity contribution in [1.82, 2.24) is 44.2 Å². The van der Waals surface area contributed by atoms with Gasteiger partial charge in [0.1, 0.15) is 24.0 Å². The van der Waals surface area contributed by atoms with Crippen molar-refractivity contribution in [1.29, 1.82) is 0 Å². The monoisotopic (exact) mass is 1810 g/mol. The summed E-state index contributed by atoms with van der Waals surface area (Å²) in [5, 5.41) is 21.2. The summed E-state index contributed by atoms with van der Waals surface area (Å²) >= 11 is 6.65. The molecule has 20 heteroatoms. The highest BCUT2D eigenvalue weighted by molar-refractivity contribution is 7.11. The van der Waals surface area contributed by atoms with Gasteiger partial charge in [-0.3, -0.25) is 25.1 Å². The summed E-state index contributed by atoms with van der Waals surface area (Å²) in [5.74, 6) is 1.54. The summed E-state index contributed by atoms with van der Waals surface area (Å²) in [6.07, 6.45) is 27.3. The van der Waals surface area contributed by atoms with Gasteiger partial charge >= 0.3 is 0 Å². The second-order valence-corrected chi connectivity index (χ2v) is 47.5. The van der Waals surface area contributed by atoms with E-state index in [2.05, 4.69) is 408 Å². The lowest BCUT2D eigenvalue weighted by Gasteiger charge is -2.20. The Bertz CT molecular complexity index is 4720. The number of aliphatic imine (C=N–C) groups is 4. The summed E-state index contributed by atoms with van der Waals surface area (Å²) in [5.41, 5.74) is 22.6. The van der Waals surface area contributed by atoms with Crippen LogP contribution in [0, 0.1) is 56.3 Å². The molecule has 0 unspecified atom stereocenters. The minimum Gasteiger partial charge on any atom is -0.445 e. The number of nitrogens with one attached hydrogen (secondary N) is 1. The molecule has 8 aromatic rings. The van der Waals surface area contributed by atoms with Crippen LogP contribution in [0.2, 0.25) is 0 Å². The number of allylic oxidation sites excluding steroid dienone is 9. The molecule has 16 nitrogen and oxygen atoms in total. The Morgan fingerprint density at radius 3 is 1.23 bits per heavy atom. The highest BCUT2D eigenvalue weighted by Gasteiger charge is 2.28. The number of hydrogen-bond acceptors (Lipinski definition) is 19. The summed E-state index contributed by atoms with van der Waals surface area (Å²) in [6.45, 7) is 116. The summed E-state index contributed by atoms with van der Waals surface area (Å²) < 4.78 is 23.5. The number of nitrogens with zero attached hydrogens (tertiary/aromatic N) is 12. The SMILES string of the molecule is C=CC1=NC(C(C)(C)C)=CC1.C=CC1=NCC(C(C)(C)C)=C1.C=CC1=NCC=C1C(C)(C)C.C=CC1=NCC=C1C(C)(C)C.C=Cc1cc(C(C)(C)C)[nH]n1.C=Cc1nc(C(C)(C)C)co1.C=Cc1nocc1C(C)(C)C.Cc1cc(C(C)(C)C)on1.Cc1cc(C(C)(C)C)sn1.Cc1nc(C(C)(C)C)cs1.Cc1ncc(C(C)(C)C)s1.Cc1nscc1C(C)(C)C. The lowest BCUT2D eigenvalue weighted by molar-refractivity contribution is 0.327. The van der Waals surface area contributed by atoms with Gasteiger partial charge in [-0.15, -0.1) is 22.7 Å². The van der Waals surface area contributed by atoms with Crippen LogP contribution in [0.4, 0.5) is 0 Å². The molecule has 0 fully saturated rings. The number of rotatable bonds is 7. The van der Waals surface area contributed by atoms with Gasteiger partial charge in [0.2, 0.25) is 5.89 Å². The molecule has 700 valence electrons. The quantitative estimate of drug-likeness (QED) is 0.159. The number of oxazole rings is 1. The smallest absolute Gasteiger partial charge is 0.218 e. The fourth-order valence-electron chi connectivity index (χ4n) is 11.0. The maximum atomic E-state index is 5.11. The van der Waals surface area contributed by atoms with Gasteiger partial charge in [-0.2, -0.15) is 13.8 Å². The number of aromatic nitrogens is 9. The van der Waals surface area contributed by atoms with Gasteiger partial charge < -0.3 is 13.5 Å². The van der Waals surface area contributed by atoms with E-state index in [-0.39, 0.29) is 65.0 Å². The van der Waals surface area contributed by atoms with Crippen LogP contribution in [0.1, 0.15) is 344 Å². The van der Waals surface area contributed by atoms with Crippen molar-refractivity contribution in [2.75, 3.05) is 19.6 Å². The fourth-order valence-corrected chi connectivity index (χ4v) is 14.4. The van der Waals surface area contributed by atoms with Gasteiger partial charge in [0.15, 0.2) is 0 Å². The maximum Gasteiger partial charge on any atom is 0.218 e. The van der Waals surface area contributed by atoms with Gasteiger partial charge in [0.05, 0.1) is 80.9 Å². The first-order valence-electron chi connectivity index (χ1n) is 43.9.